The molecule has 1 aromatic heterocycles. The number of anilines is 2. The zero-order valence-corrected chi connectivity index (χ0v) is 13.2. The number of nitrogens with zero attached hydrogens (tertiary/aromatic N) is 3. The summed E-state index contributed by atoms with van der Waals surface area (Å²) in [6, 6.07) is 3.91. The Bertz CT molecular complexity index is 500. The molecule has 3 rings (SSSR count). The lowest BCUT2D eigenvalue weighted by Gasteiger charge is -2.28. The van der Waals surface area contributed by atoms with E-state index < -0.39 is 5.60 Å². The lowest BCUT2D eigenvalue weighted by Crippen LogP contribution is -2.43. The first-order chi connectivity index (χ1) is 9.55. The Morgan fingerprint density at radius 3 is 2.52 bits per heavy atom. The number of hydrogen-bond donors (Lipinski definition) is 1. The lowest BCUT2D eigenvalue weighted by molar-refractivity contribution is 0.0871. The van der Waals surface area contributed by atoms with Crippen molar-refractivity contribution in [3.8, 4) is 0 Å². The van der Waals surface area contributed by atoms with E-state index in [1.165, 1.54) is 0 Å². The number of halogens is 1. The normalized spacial score (nSPS) is 21.0. The molecule has 1 amide bonds. The Morgan fingerprint density at radius 2 is 2.00 bits per heavy atom. The lowest BCUT2D eigenvalue weighted by atomic mass is 10.1. The number of piperazine rings is 1. The third-order valence-electron chi connectivity index (χ3n) is 3.61. The number of ether oxygens (including phenoxy) is 1. The third kappa shape index (κ3) is 3.39. The molecule has 2 aliphatic rings. The number of carbonyl (C=O) groups is 1. The van der Waals surface area contributed by atoms with Crippen molar-refractivity contribution < 1.29 is 9.53 Å². The van der Waals surface area contributed by atoms with E-state index in [0.717, 1.165) is 37.7 Å². The number of hydrogen-bond acceptors (Lipinski definition) is 5. The highest BCUT2D eigenvalue weighted by molar-refractivity contribution is 5.90. The number of amides is 1. The first-order valence-electron chi connectivity index (χ1n) is 6.97. The second-order valence-electron chi connectivity index (χ2n) is 5.83. The SMILES string of the molecule is CC1(C)CN(c2ccc(N3CCNCC3)nc2)C(=O)O1.Cl. The van der Waals surface area contributed by atoms with Crippen LogP contribution >= 0.6 is 12.4 Å². The molecular weight excluding hydrogens is 292 g/mol. The molecule has 2 fully saturated rings. The van der Waals surface area contributed by atoms with Gasteiger partial charge in [-0.2, -0.15) is 0 Å². The topological polar surface area (TPSA) is 57.7 Å². The Morgan fingerprint density at radius 1 is 1.29 bits per heavy atom. The molecule has 2 saturated heterocycles. The van der Waals surface area contributed by atoms with E-state index in [1.807, 2.05) is 26.0 Å². The maximum atomic E-state index is 11.8. The molecule has 0 aliphatic carbocycles. The monoisotopic (exact) mass is 312 g/mol. The van der Waals surface area contributed by atoms with Crippen molar-refractivity contribution in [2.24, 2.45) is 0 Å². The van der Waals surface area contributed by atoms with Crippen LogP contribution in [0.25, 0.3) is 0 Å². The minimum Gasteiger partial charge on any atom is -0.441 e. The van der Waals surface area contributed by atoms with Gasteiger partial charge in [-0.3, -0.25) is 4.90 Å². The van der Waals surface area contributed by atoms with Crippen LogP contribution in [0.3, 0.4) is 0 Å². The average Bonchev–Trinajstić information content (AvgIpc) is 2.73. The van der Waals surface area contributed by atoms with Crippen LogP contribution in [0.2, 0.25) is 0 Å². The van der Waals surface area contributed by atoms with E-state index in [4.69, 9.17) is 4.74 Å². The Hall–Kier alpha value is -1.53. The van der Waals surface area contributed by atoms with Crippen LogP contribution in [-0.2, 0) is 4.74 Å². The zero-order chi connectivity index (χ0) is 14.2. The summed E-state index contributed by atoms with van der Waals surface area (Å²) in [5.41, 5.74) is 0.355. The van der Waals surface area contributed by atoms with Crippen LogP contribution in [0.5, 0.6) is 0 Å². The molecule has 0 atom stereocenters. The van der Waals surface area contributed by atoms with Crippen LogP contribution in [0.15, 0.2) is 18.3 Å². The smallest absolute Gasteiger partial charge is 0.415 e. The fourth-order valence-corrected chi connectivity index (χ4v) is 2.58. The highest BCUT2D eigenvalue weighted by Crippen LogP contribution is 2.27. The van der Waals surface area contributed by atoms with Crippen molar-refractivity contribution in [3.05, 3.63) is 18.3 Å². The molecule has 1 N–H and O–H groups in total. The fourth-order valence-electron chi connectivity index (χ4n) is 2.58. The van der Waals surface area contributed by atoms with Gasteiger partial charge in [-0.1, -0.05) is 0 Å². The number of carbonyl (C=O) groups excluding carboxylic acids is 1. The highest BCUT2D eigenvalue weighted by atomic mass is 35.5. The quantitative estimate of drug-likeness (QED) is 0.900. The molecule has 0 unspecified atom stereocenters. The molecule has 0 spiro atoms. The van der Waals surface area contributed by atoms with Crippen molar-refractivity contribution in [2.45, 2.75) is 19.4 Å². The minimum absolute atomic E-state index is 0. The summed E-state index contributed by atoms with van der Waals surface area (Å²) in [5.74, 6) is 0.960. The second-order valence-corrected chi connectivity index (χ2v) is 5.83. The van der Waals surface area contributed by atoms with E-state index in [0.29, 0.717) is 6.54 Å². The van der Waals surface area contributed by atoms with Crippen LogP contribution < -0.4 is 15.1 Å². The van der Waals surface area contributed by atoms with Gasteiger partial charge in [-0.15, -0.1) is 12.4 Å². The van der Waals surface area contributed by atoms with E-state index in [2.05, 4.69) is 15.2 Å². The summed E-state index contributed by atoms with van der Waals surface area (Å²) in [6.45, 7) is 8.27. The predicted molar refractivity (Wildman–Crippen MR) is 84.5 cm³/mol. The van der Waals surface area contributed by atoms with Gasteiger partial charge in [-0.05, 0) is 26.0 Å². The molecule has 3 heterocycles. The second kappa shape index (κ2) is 6.07. The van der Waals surface area contributed by atoms with E-state index in [9.17, 15) is 4.79 Å². The third-order valence-corrected chi connectivity index (χ3v) is 3.61. The van der Waals surface area contributed by atoms with Crippen molar-refractivity contribution >= 4 is 30.0 Å². The summed E-state index contributed by atoms with van der Waals surface area (Å²) in [4.78, 5) is 20.2. The maximum absolute atomic E-state index is 11.8. The van der Waals surface area contributed by atoms with Gasteiger partial charge in [0, 0.05) is 26.2 Å². The molecule has 0 radical (unpaired) electrons. The van der Waals surface area contributed by atoms with Gasteiger partial charge in [0.05, 0.1) is 18.4 Å². The number of nitrogens with one attached hydrogen (secondary N) is 1. The molecule has 21 heavy (non-hydrogen) atoms. The standard InChI is InChI=1S/C14H20N4O2.ClH/c1-14(2)10-18(13(19)20-14)11-3-4-12(16-9-11)17-7-5-15-6-8-17;/h3-4,9,15H,5-8,10H2,1-2H3;1H. The summed E-state index contributed by atoms with van der Waals surface area (Å²) >= 11 is 0. The van der Waals surface area contributed by atoms with Crippen LogP contribution in [0.1, 0.15) is 13.8 Å². The summed E-state index contributed by atoms with van der Waals surface area (Å²) < 4.78 is 5.30. The highest BCUT2D eigenvalue weighted by Gasteiger charge is 2.38. The molecule has 6 nitrogen and oxygen atoms in total. The summed E-state index contributed by atoms with van der Waals surface area (Å²) in [6.07, 6.45) is 1.45. The van der Waals surface area contributed by atoms with Crippen molar-refractivity contribution in [1.29, 1.82) is 0 Å². The number of rotatable bonds is 2. The Kier molecular flexibility index (Phi) is 4.58. The Balaban J connectivity index is 0.00000161. The van der Waals surface area contributed by atoms with Crippen molar-refractivity contribution in [2.75, 3.05) is 42.5 Å². The van der Waals surface area contributed by atoms with Gasteiger partial charge in [0.2, 0.25) is 0 Å². The van der Waals surface area contributed by atoms with Gasteiger partial charge in [0.1, 0.15) is 11.4 Å². The largest absolute Gasteiger partial charge is 0.441 e. The first-order valence-corrected chi connectivity index (χ1v) is 6.97. The molecular formula is C14H21ClN4O2. The van der Waals surface area contributed by atoms with Crippen LogP contribution in [0.4, 0.5) is 16.3 Å². The molecule has 0 saturated carbocycles. The van der Waals surface area contributed by atoms with E-state index >= 15 is 0 Å². The van der Waals surface area contributed by atoms with Crippen molar-refractivity contribution in [3.63, 3.8) is 0 Å². The van der Waals surface area contributed by atoms with E-state index in [1.54, 1.807) is 11.1 Å². The molecule has 0 aromatic carbocycles. The van der Waals surface area contributed by atoms with E-state index in [-0.39, 0.29) is 18.5 Å². The predicted octanol–water partition coefficient (Wildman–Crippen LogP) is 1.65. The molecule has 7 heteroatoms. The average molecular weight is 313 g/mol. The van der Waals surface area contributed by atoms with Gasteiger partial charge >= 0.3 is 6.09 Å². The van der Waals surface area contributed by atoms with Gasteiger partial charge < -0.3 is 15.0 Å². The maximum Gasteiger partial charge on any atom is 0.415 e. The molecule has 116 valence electrons. The first kappa shape index (κ1) is 15.9. The molecule has 1 aromatic rings. The minimum atomic E-state index is -0.436. The number of cyclic esters (lactones) is 1. The van der Waals surface area contributed by atoms with Crippen molar-refractivity contribution in [1.82, 2.24) is 10.3 Å². The van der Waals surface area contributed by atoms with Gasteiger partial charge in [0.15, 0.2) is 0 Å². The summed E-state index contributed by atoms with van der Waals surface area (Å²) in [5, 5.41) is 3.32. The molecule has 2 aliphatic heterocycles. The zero-order valence-electron chi connectivity index (χ0n) is 12.3. The fraction of sp³-hybridized carbons (Fsp3) is 0.571. The van der Waals surface area contributed by atoms with Gasteiger partial charge in [0.25, 0.3) is 0 Å². The Labute approximate surface area is 130 Å². The van der Waals surface area contributed by atoms with Gasteiger partial charge in [-0.25, -0.2) is 9.78 Å². The molecule has 0 bridgehead atoms. The summed E-state index contributed by atoms with van der Waals surface area (Å²) in [7, 11) is 0. The van der Waals surface area contributed by atoms with Crippen LogP contribution in [0, 0.1) is 0 Å². The van der Waals surface area contributed by atoms with Crippen LogP contribution in [-0.4, -0.2) is 49.4 Å². The number of aromatic nitrogens is 1. The number of pyridine rings is 1.